The number of carbonyl (C=O) groups is 1. The summed E-state index contributed by atoms with van der Waals surface area (Å²) < 4.78 is 5.57. The summed E-state index contributed by atoms with van der Waals surface area (Å²) in [6, 6.07) is 6.01. The van der Waals surface area contributed by atoms with E-state index >= 15 is 0 Å². The normalized spacial score (nSPS) is 21.9. The SMILES string of the molecule is Cc1cc(C)cc(OCC(=O)NC2CCCCC2CO)c1. The molecule has 0 spiro atoms. The van der Waals surface area contributed by atoms with Crippen molar-refractivity contribution in [3.05, 3.63) is 29.3 Å². The molecule has 2 unspecified atom stereocenters. The van der Waals surface area contributed by atoms with Crippen LogP contribution < -0.4 is 10.1 Å². The number of hydrogen-bond acceptors (Lipinski definition) is 3. The van der Waals surface area contributed by atoms with Gasteiger partial charge in [-0.05, 0) is 49.9 Å². The zero-order valence-electron chi connectivity index (χ0n) is 12.9. The molecule has 2 N–H and O–H groups in total. The van der Waals surface area contributed by atoms with Crippen LogP contribution >= 0.6 is 0 Å². The van der Waals surface area contributed by atoms with Gasteiger partial charge >= 0.3 is 0 Å². The van der Waals surface area contributed by atoms with Crippen molar-refractivity contribution >= 4 is 5.91 Å². The van der Waals surface area contributed by atoms with Gasteiger partial charge in [0.15, 0.2) is 6.61 Å². The number of benzene rings is 1. The number of rotatable bonds is 5. The van der Waals surface area contributed by atoms with E-state index in [2.05, 4.69) is 11.4 Å². The van der Waals surface area contributed by atoms with Crippen LogP contribution in [0.15, 0.2) is 18.2 Å². The Morgan fingerprint density at radius 1 is 1.24 bits per heavy atom. The van der Waals surface area contributed by atoms with E-state index in [4.69, 9.17) is 4.74 Å². The van der Waals surface area contributed by atoms with E-state index < -0.39 is 0 Å². The largest absolute Gasteiger partial charge is 0.484 e. The van der Waals surface area contributed by atoms with E-state index in [9.17, 15) is 9.90 Å². The van der Waals surface area contributed by atoms with Crippen molar-refractivity contribution in [3.63, 3.8) is 0 Å². The number of hydrogen-bond donors (Lipinski definition) is 2. The van der Waals surface area contributed by atoms with Gasteiger partial charge in [0.25, 0.3) is 5.91 Å². The van der Waals surface area contributed by atoms with Gasteiger partial charge in [-0.15, -0.1) is 0 Å². The highest BCUT2D eigenvalue weighted by atomic mass is 16.5. The van der Waals surface area contributed by atoms with E-state index in [-0.39, 0.29) is 31.1 Å². The first kappa shape index (κ1) is 15.8. The molecule has 1 aromatic carbocycles. The maximum atomic E-state index is 12.0. The lowest BCUT2D eigenvalue weighted by molar-refractivity contribution is -0.124. The molecule has 2 rings (SSSR count). The van der Waals surface area contributed by atoms with Crippen LogP contribution in [0.4, 0.5) is 0 Å². The average Bonchev–Trinajstić information content (AvgIpc) is 2.45. The molecule has 0 bridgehead atoms. The Morgan fingerprint density at radius 2 is 1.90 bits per heavy atom. The van der Waals surface area contributed by atoms with Gasteiger partial charge in [-0.2, -0.15) is 0 Å². The van der Waals surface area contributed by atoms with Gasteiger partial charge in [-0.25, -0.2) is 0 Å². The van der Waals surface area contributed by atoms with E-state index in [1.54, 1.807) is 0 Å². The fourth-order valence-corrected chi connectivity index (χ4v) is 3.03. The first-order valence-electron chi connectivity index (χ1n) is 7.70. The van der Waals surface area contributed by atoms with Gasteiger partial charge in [0.2, 0.25) is 0 Å². The van der Waals surface area contributed by atoms with Gasteiger partial charge in [0.05, 0.1) is 0 Å². The van der Waals surface area contributed by atoms with Gasteiger partial charge in [-0.3, -0.25) is 4.79 Å². The first-order valence-corrected chi connectivity index (χ1v) is 7.70. The van der Waals surface area contributed by atoms with Crippen LogP contribution in [0.25, 0.3) is 0 Å². The quantitative estimate of drug-likeness (QED) is 0.875. The molecule has 1 aliphatic carbocycles. The lowest BCUT2D eigenvalue weighted by Gasteiger charge is -2.30. The standard InChI is InChI=1S/C17H25NO3/c1-12-7-13(2)9-15(8-12)21-11-17(20)18-16-6-4-3-5-14(16)10-19/h7-9,14,16,19H,3-6,10-11H2,1-2H3,(H,18,20). The van der Waals surface area contributed by atoms with Crippen LogP contribution in [-0.4, -0.2) is 30.3 Å². The second-order valence-corrected chi connectivity index (χ2v) is 6.01. The summed E-state index contributed by atoms with van der Waals surface area (Å²) in [6.45, 7) is 4.18. The molecule has 0 heterocycles. The maximum absolute atomic E-state index is 12.0. The maximum Gasteiger partial charge on any atom is 0.258 e. The van der Waals surface area contributed by atoms with E-state index in [1.807, 2.05) is 26.0 Å². The van der Waals surface area contributed by atoms with E-state index in [0.29, 0.717) is 0 Å². The summed E-state index contributed by atoms with van der Waals surface area (Å²) in [4.78, 5) is 12.0. The molecule has 1 saturated carbocycles. The summed E-state index contributed by atoms with van der Waals surface area (Å²) in [7, 11) is 0. The number of nitrogens with one attached hydrogen (secondary N) is 1. The molecule has 0 radical (unpaired) electrons. The van der Waals surface area contributed by atoms with E-state index in [1.165, 1.54) is 0 Å². The highest BCUT2D eigenvalue weighted by Crippen LogP contribution is 2.24. The predicted molar refractivity (Wildman–Crippen MR) is 82.4 cm³/mol. The Kier molecular flexibility index (Phi) is 5.62. The minimum atomic E-state index is -0.112. The van der Waals surface area contributed by atoms with Crippen LogP contribution in [0.5, 0.6) is 5.75 Å². The van der Waals surface area contributed by atoms with Crippen molar-refractivity contribution < 1.29 is 14.6 Å². The Balaban J connectivity index is 1.84. The summed E-state index contributed by atoms with van der Waals surface area (Å²) in [5.41, 5.74) is 2.25. The first-order chi connectivity index (χ1) is 10.1. The minimum Gasteiger partial charge on any atom is -0.484 e. The Hall–Kier alpha value is -1.55. The molecule has 0 aromatic heterocycles. The van der Waals surface area contributed by atoms with Crippen molar-refractivity contribution in [2.75, 3.05) is 13.2 Å². The molecular formula is C17H25NO3. The second kappa shape index (κ2) is 7.46. The molecular weight excluding hydrogens is 266 g/mol. The third-order valence-electron chi connectivity index (χ3n) is 4.06. The third-order valence-corrected chi connectivity index (χ3v) is 4.06. The Labute approximate surface area is 126 Å². The number of amides is 1. The van der Waals surface area contributed by atoms with Crippen molar-refractivity contribution in [1.29, 1.82) is 0 Å². The van der Waals surface area contributed by atoms with Gasteiger partial charge in [0.1, 0.15) is 5.75 Å². The minimum absolute atomic E-state index is 0.0253. The van der Waals surface area contributed by atoms with Crippen molar-refractivity contribution in [3.8, 4) is 5.75 Å². The van der Waals surface area contributed by atoms with Crippen molar-refractivity contribution in [2.24, 2.45) is 5.92 Å². The predicted octanol–water partition coefficient (Wildman–Crippen LogP) is 2.35. The summed E-state index contributed by atoms with van der Waals surface area (Å²) >= 11 is 0. The molecule has 116 valence electrons. The van der Waals surface area contributed by atoms with Crippen LogP contribution in [0.1, 0.15) is 36.8 Å². The van der Waals surface area contributed by atoms with Crippen LogP contribution in [0, 0.1) is 19.8 Å². The molecule has 4 nitrogen and oxygen atoms in total. The smallest absolute Gasteiger partial charge is 0.258 e. The lowest BCUT2D eigenvalue weighted by atomic mass is 9.85. The molecule has 0 aliphatic heterocycles. The highest BCUT2D eigenvalue weighted by molar-refractivity contribution is 5.77. The fourth-order valence-electron chi connectivity index (χ4n) is 3.03. The molecule has 1 aliphatic rings. The fraction of sp³-hybridized carbons (Fsp3) is 0.588. The van der Waals surface area contributed by atoms with Gasteiger partial charge in [-0.1, -0.05) is 18.9 Å². The number of aliphatic hydroxyl groups excluding tert-OH is 1. The molecule has 2 atom stereocenters. The average molecular weight is 291 g/mol. The zero-order chi connectivity index (χ0) is 15.2. The monoisotopic (exact) mass is 291 g/mol. The van der Waals surface area contributed by atoms with Gasteiger partial charge < -0.3 is 15.2 Å². The van der Waals surface area contributed by atoms with E-state index in [0.717, 1.165) is 42.6 Å². The zero-order valence-corrected chi connectivity index (χ0v) is 12.9. The summed E-state index contributed by atoms with van der Waals surface area (Å²) in [5, 5.41) is 12.4. The van der Waals surface area contributed by atoms with Crippen molar-refractivity contribution in [2.45, 2.75) is 45.6 Å². The number of aliphatic hydroxyl groups is 1. The van der Waals surface area contributed by atoms with Crippen LogP contribution in [0.2, 0.25) is 0 Å². The Morgan fingerprint density at radius 3 is 2.57 bits per heavy atom. The number of aryl methyl sites for hydroxylation is 2. The van der Waals surface area contributed by atoms with Crippen LogP contribution in [-0.2, 0) is 4.79 Å². The molecule has 1 aromatic rings. The van der Waals surface area contributed by atoms with Crippen molar-refractivity contribution in [1.82, 2.24) is 5.32 Å². The summed E-state index contributed by atoms with van der Waals surface area (Å²) in [5.74, 6) is 0.799. The third kappa shape index (κ3) is 4.74. The second-order valence-electron chi connectivity index (χ2n) is 6.01. The molecule has 1 amide bonds. The molecule has 4 heteroatoms. The molecule has 0 saturated heterocycles. The molecule has 21 heavy (non-hydrogen) atoms. The summed E-state index contributed by atoms with van der Waals surface area (Å²) in [6.07, 6.45) is 4.18. The topological polar surface area (TPSA) is 58.6 Å². The lowest BCUT2D eigenvalue weighted by Crippen LogP contribution is -2.45. The highest BCUT2D eigenvalue weighted by Gasteiger charge is 2.25. The van der Waals surface area contributed by atoms with Crippen LogP contribution in [0.3, 0.4) is 0 Å². The number of carbonyl (C=O) groups excluding carboxylic acids is 1. The number of ether oxygens (including phenoxy) is 1. The Bertz CT molecular complexity index is 467. The van der Waals surface area contributed by atoms with Gasteiger partial charge in [0, 0.05) is 18.6 Å². The molecule has 1 fully saturated rings.